The summed E-state index contributed by atoms with van der Waals surface area (Å²) in [4.78, 5) is 18.8. The van der Waals surface area contributed by atoms with Crippen LogP contribution in [0, 0.1) is 0 Å². The van der Waals surface area contributed by atoms with Crippen LogP contribution < -0.4 is 4.74 Å². The smallest absolute Gasteiger partial charge is 0.266 e. The molecule has 0 aliphatic rings. The van der Waals surface area contributed by atoms with E-state index in [2.05, 4.69) is 4.98 Å². The van der Waals surface area contributed by atoms with E-state index in [0.717, 1.165) is 16.7 Å². The van der Waals surface area contributed by atoms with Crippen LogP contribution in [0.25, 0.3) is 12.2 Å². The first-order chi connectivity index (χ1) is 15.0. The Labute approximate surface area is 183 Å². The van der Waals surface area contributed by atoms with E-state index >= 15 is 0 Å². The third-order valence-electron chi connectivity index (χ3n) is 4.82. The topological polar surface area (TPSA) is 62.7 Å². The Morgan fingerprint density at radius 1 is 0.968 bits per heavy atom. The Kier molecular flexibility index (Phi) is 7.57. The highest BCUT2D eigenvalue weighted by Gasteiger charge is 2.34. The zero-order valence-corrected chi connectivity index (χ0v) is 17.9. The molecule has 0 saturated heterocycles. The van der Waals surface area contributed by atoms with E-state index in [-0.39, 0.29) is 19.1 Å². The summed E-state index contributed by atoms with van der Waals surface area (Å²) in [5.41, 5.74) is 2.03. The molecule has 31 heavy (non-hydrogen) atoms. The number of aromatic nitrogens is 1. The van der Waals surface area contributed by atoms with Crippen molar-refractivity contribution in [2.75, 3.05) is 13.2 Å². The van der Waals surface area contributed by atoms with E-state index in [1.54, 1.807) is 31.1 Å². The summed E-state index contributed by atoms with van der Waals surface area (Å²) in [5, 5.41) is 9.44. The molecule has 0 spiro atoms. The molecule has 0 unspecified atom stereocenters. The van der Waals surface area contributed by atoms with Gasteiger partial charge in [-0.15, -0.1) is 0 Å². The molecule has 0 radical (unpaired) electrons. The Balaban J connectivity index is 1.66. The third-order valence-corrected chi connectivity index (χ3v) is 4.82. The third kappa shape index (κ3) is 6.52. The molecule has 3 aromatic rings. The molecule has 0 saturated carbocycles. The molecular weight excluding hydrogens is 388 g/mol. The molecule has 1 heterocycles. The number of hydrogen-bond acceptors (Lipinski definition) is 4. The van der Waals surface area contributed by atoms with Gasteiger partial charge in [0.1, 0.15) is 5.75 Å². The van der Waals surface area contributed by atoms with Crippen LogP contribution in [0.1, 0.15) is 30.5 Å². The first-order valence-electron chi connectivity index (χ1n) is 10.3. The van der Waals surface area contributed by atoms with Crippen LogP contribution in [0.4, 0.5) is 0 Å². The van der Waals surface area contributed by atoms with Crippen molar-refractivity contribution in [1.29, 1.82) is 0 Å². The minimum Gasteiger partial charge on any atom is -0.478 e. The standard InChI is InChI=1S/C26H28N2O3/c1-26(2,25(30)28(18-19-29)20-23-6-4-3-5-7-23)31-24-12-10-21(11-13-24)8-9-22-14-16-27-17-15-22/h3-17,29H,18-20H2,1-2H3/b9-8+. The maximum atomic E-state index is 13.2. The number of pyridine rings is 1. The number of amides is 1. The minimum absolute atomic E-state index is 0.104. The second-order valence-corrected chi connectivity index (χ2v) is 7.73. The number of rotatable bonds is 9. The van der Waals surface area contributed by atoms with E-state index in [1.165, 1.54) is 0 Å². The van der Waals surface area contributed by atoms with Gasteiger partial charge in [0.15, 0.2) is 5.60 Å². The predicted octanol–water partition coefficient (Wildman–Crippen LogP) is 4.43. The number of nitrogens with zero attached hydrogens (tertiary/aromatic N) is 2. The van der Waals surface area contributed by atoms with Gasteiger partial charge in [-0.3, -0.25) is 9.78 Å². The number of carbonyl (C=O) groups is 1. The first-order valence-corrected chi connectivity index (χ1v) is 10.3. The zero-order chi connectivity index (χ0) is 22.1. The average Bonchev–Trinajstić information content (AvgIpc) is 2.79. The van der Waals surface area contributed by atoms with Gasteiger partial charge >= 0.3 is 0 Å². The van der Waals surface area contributed by atoms with Crippen LogP contribution in [-0.4, -0.2) is 39.7 Å². The summed E-state index contributed by atoms with van der Waals surface area (Å²) in [6, 6.07) is 21.2. The van der Waals surface area contributed by atoms with Gasteiger partial charge in [0.2, 0.25) is 0 Å². The Morgan fingerprint density at radius 3 is 2.19 bits per heavy atom. The fourth-order valence-electron chi connectivity index (χ4n) is 3.21. The van der Waals surface area contributed by atoms with Crippen LogP contribution >= 0.6 is 0 Å². The molecule has 0 bridgehead atoms. The number of benzene rings is 2. The predicted molar refractivity (Wildman–Crippen MR) is 123 cm³/mol. The molecule has 5 heteroatoms. The lowest BCUT2D eigenvalue weighted by Gasteiger charge is -2.32. The second-order valence-electron chi connectivity index (χ2n) is 7.73. The number of aliphatic hydroxyl groups is 1. The van der Waals surface area contributed by atoms with Gasteiger partial charge in [0.05, 0.1) is 6.61 Å². The molecule has 1 amide bonds. The quantitative estimate of drug-likeness (QED) is 0.561. The highest BCUT2D eigenvalue weighted by molar-refractivity contribution is 5.85. The number of hydrogen-bond donors (Lipinski definition) is 1. The van der Waals surface area contributed by atoms with Gasteiger partial charge in [0, 0.05) is 25.5 Å². The minimum atomic E-state index is -1.07. The average molecular weight is 417 g/mol. The fraction of sp³-hybridized carbons (Fsp3) is 0.231. The van der Waals surface area contributed by atoms with Crippen molar-refractivity contribution in [2.24, 2.45) is 0 Å². The molecule has 5 nitrogen and oxygen atoms in total. The summed E-state index contributed by atoms with van der Waals surface area (Å²) in [5.74, 6) is 0.440. The molecule has 0 aliphatic carbocycles. The van der Waals surface area contributed by atoms with Crippen LogP contribution in [0.3, 0.4) is 0 Å². The van der Waals surface area contributed by atoms with Crippen molar-refractivity contribution in [3.8, 4) is 5.75 Å². The Bertz CT molecular complexity index is 984. The summed E-state index contributed by atoms with van der Waals surface area (Å²) in [6.45, 7) is 4.07. The highest BCUT2D eigenvalue weighted by atomic mass is 16.5. The van der Waals surface area contributed by atoms with Crippen molar-refractivity contribution in [2.45, 2.75) is 26.0 Å². The van der Waals surface area contributed by atoms with Crippen LogP contribution in [0.2, 0.25) is 0 Å². The molecule has 1 N–H and O–H groups in total. The Hall–Kier alpha value is -3.44. The van der Waals surface area contributed by atoms with Crippen molar-refractivity contribution in [1.82, 2.24) is 9.88 Å². The molecule has 160 valence electrons. The molecule has 0 atom stereocenters. The molecule has 0 fully saturated rings. The van der Waals surface area contributed by atoms with Crippen molar-refractivity contribution in [3.05, 3.63) is 95.8 Å². The van der Waals surface area contributed by atoms with Crippen molar-refractivity contribution >= 4 is 18.1 Å². The first kappa shape index (κ1) is 22.2. The van der Waals surface area contributed by atoms with Crippen LogP contribution in [0.5, 0.6) is 5.75 Å². The lowest BCUT2D eigenvalue weighted by Crippen LogP contribution is -2.49. The molecular formula is C26H28N2O3. The van der Waals surface area contributed by atoms with E-state index in [4.69, 9.17) is 4.74 Å². The van der Waals surface area contributed by atoms with E-state index in [9.17, 15) is 9.90 Å². The normalized spacial score (nSPS) is 11.5. The van der Waals surface area contributed by atoms with E-state index in [0.29, 0.717) is 12.3 Å². The van der Waals surface area contributed by atoms with E-state index in [1.807, 2.05) is 78.9 Å². The lowest BCUT2D eigenvalue weighted by atomic mass is 10.1. The van der Waals surface area contributed by atoms with Crippen LogP contribution in [0.15, 0.2) is 79.1 Å². The maximum absolute atomic E-state index is 13.2. The number of ether oxygens (including phenoxy) is 1. The second kappa shape index (κ2) is 10.5. The van der Waals surface area contributed by atoms with Gasteiger partial charge in [-0.25, -0.2) is 0 Å². The monoisotopic (exact) mass is 416 g/mol. The SMILES string of the molecule is CC(C)(Oc1ccc(/C=C/c2ccncc2)cc1)C(=O)N(CCO)Cc1ccccc1. The maximum Gasteiger partial charge on any atom is 0.266 e. The summed E-state index contributed by atoms with van der Waals surface area (Å²) in [7, 11) is 0. The molecule has 3 rings (SSSR count). The van der Waals surface area contributed by atoms with Gasteiger partial charge in [-0.1, -0.05) is 54.6 Å². The van der Waals surface area contributed by atoms with Gasteiger partial charge in [0.25, 0.3) is 5.91 Å². The number of carbonyl (C=O) groups excluding carboxylic acids is 1. The van der Waals surface area contributed by atoms with Gasteiger partial charge in [-0.2, -0.15) is 0 Å². The molecule has 0 aliphatic heterocycles. The van der Waals surface area contributed by atoms with Crippen molar-refractivity contribution < 1.29 is 14.6 Å². The van der Waals surface area contributed by atoms with Gasteiger partial charge < -0.3 is 14.7 Å². The zero-order valence-electron chi connectivity index (χ0n) is 17.9. The lowest BCUT2D eigenvalue weighted by molar-refractivity contribution is -0.146. The fourth-order valence-corrected chi connectivity index (χ4v) is 3.21. The van der Waals surface area contributed by atoms with Crippen molar-refractivity contribution in [3.63, 3.8) is 0 Å². The Morgan fingerprint density at radius 2 is 1.58 bits per heavy atom. The summed E-state index contributed by atoms with van der Waals surface area (Å²) >= 11 is 0. The largest absolute Gasteiger partial charge is 0.478 e. The number of aliphatic hydroxyl groups excluding tert-OH is 1. The summed E-state index contributed by atoms with van der Waals surface area (Å²) < 4.78 is 6.04. The van der Waals surface area contributed by atoms with E-state index < -0.39 is 5.60 Å². The molecule has 1 aromatic heterocycles. The van der Waals surface area contributed by atoms with Crippen LogP contribution in [-0.2, 0) is 11.3 Å². The summed E-state index contributed by atoms with van der Waals surface area (Å²) in [6.07, 6.45) is 7.54. The highest BCUT2D eigenvalue weighted by Crippen LogP contribution is 2.22. The van der Waals surface area contributed by atoms with Gasteiger partial charge in [-0.05, 0) is 54.8 Å². The molecule has 2 aromatic carbocycles.